The highest BCUT2D eigenvalue weighted by Crippen LogP contribution is 2.35. The number of carbonyl (C=O) groups excluding carboxylic acids is 1. The van der Waals surface area contributed by atoms with Crippen molar-refractivity contribution in [1.82, 2.24) is 19.9 Å². The molecular weight excluding hydrogens is 517 g/mol. The first-order valence-electron chi connectivity index (χ1n) is 12.0. The largest absolute Gasteiger partial charge is 0.437 e. The molecule has 198 valence electrons. The molecule has 2 aromatic carbocycles. The van der Waals surface area contributed by atoms with Crippen LogP contribution in [0.25, 0.3) is 10.2 Å². The number of rotatable bonds is 6. The predicted molar refractivity (Wildman–Crippen MR) is 140 cm³/mol. The SMILES string of the molecule is CC(=O)Nc1nc2c(Oc3cc(N4CCN([C@@H](C)c5ccc(C(F)(F)F)cc5)CC4)ncn3)cccc2s1. The molecule has 12 heteroatoms. The lowest BCUT2D eigenvalue weighted by Crippen LogP contribution is -2.47. The van der Waals surface area contributed by atoms with E-state index in [1.807, 2.05) is 19.1 Å². The Morgan fingerprint density at radius 3 is 2.50 bits per heavy atom. The van der Waals surface area contributed by atoms with Crippen molar-refractivity contribution in [3.63, 3.8) is 0 Å². The third-order valence-electron chi connectivity index (χ3n) is 6.41. The van der Waals surface area contributed by atoms with Gasteiger partial charge in [-0.15, -0.1) is 0 Å². The van der Waals surface area contributed by atoms with Crippen molar-refractivity contribution in [3.05, 3.63) is 66.0 Å². The van der Waals surface area contributed by atoms with Crippen LogP contribution in [-0.2, 0) is 11.0 Å². The first-order valence-corrected chi connectivity index (χ1v) is 12.8. The molecule has 4 aromatic rings. The van der Waals surface area contributed by atoms with Crippen molar-refractivity contribution in [2.45, 2.75) is 26.1 Å². The van der Waals surface area contributed by atoms with E-state index >= 15 is 0 Å². The van der Waals surface area contributed by atoms with Crippen molar-refractivity contribution in [2.24, 2.45) is 0 Å². The quantitative estimate of drug-likeness (QED) is 0.333. The van der Waals surface area contributed by atoms with Crippen LogP contribution in [0.3, 0.4) is 0 Å². The smallest absolute Gasteiger partial charge is 0.416 e. The molecule has 1 atom stereocenters. The van der Waals surface area contributed by atoms with Crippen LogP contribution in [0, 0.1) is 0 Å². The first kappa shape index (κ1) is 25.9. The van der Waals surface area contributed by atoms with Crippen LogP contribution in [0.1, 0.15) is 31.0 Å². The summed E-state index contributed by atoms with van der Waals surface area (Å²) < 4.78 is 45.6. The molecule has 1 aliphatic rings. The number of thiazole rings is 1. The number of carbonyl (C=O) groups is 1. The summed E-state index contributed by atoms with van der Waals surface area (Å²) in [5.41, 5.74) is 0.841. The molecule has 5 rings (SSSR count). The van der Waals surface area contributed by atoms with Gasteiger partial charge in [0.25, 0.3) is 0 Å². The fraction of sp³-hybridized carbons (Fsp3) is 0.308. The Kier molecular flexibility index (Phi) is 7.17. The number of aromatic nitrogens is 3. The summed E-state index contributed by atoms with van der Waals surface area (Å²) in [4.78, 5) is 28.9. The van der Waals surface area contributed by atoms with Gasteiger partial charge in [-0.05, 0) is 36.8 Å². The molecule has 1 fully saturated rings. The minimum Gasteiger partial charge on any atom is -0.437 e. The Hall–Kier alpha value is -3.77. The third kappa shape index (κ3) is 5.70. The molecule has 1 saturated heterocycles. The lowest BCUT2D eigenvalue weighted by atomic mass is 10.0. The number of alkyl halides is 3. The van der Waals surface area contributed by atoms with Crippen LogP contribution < -0.4 is 15.0 Å². The van der Waals surface area contributed by atoms with E-state index in [4.69, 9.17) is 4.74 Å². The molecule has 38 heavy (non-hydrogen) atoms. The van der Waals surface area contributed by atoms with Crippen molar-refractivity contribution in [1.29, 1.82) is 0 Å². The summed E-state index contributed by atoms with van der Waals surface area (Å²) in [6.07, 6.45) is -2.89. The summed E-state index contributed by atoms with van der Waals surface area (Å²) >= 11 is 1.36. The van der Waals surface area contributed by atoms with E-state index in [9.17, 15) is 18.0 Å². The third-order valence-corrected chi connectivity index (χ3v) is 7.35. The molecule has 0 radical (unpaired) electrons. The van der Waals surface area contributed by atoms with Crippen LogP contribution in [-0.4, -0.2) is 51.9 Å². The van der Waals surface area contributed by atoms with Gasteiger partial charge >= 0.3 is 6.18 Å². The van der Waals surface area contributed by atoms with E-state index in [0.717, 1.165) is 41.3 Å². The molecule has 0 aliphatic carbocycles. The maximum absolute atomic E-state index is 12.9. The second kappa shape index (κ2) is 10.5. The van der Waals surface area contributed by atoms with Gasteiger partial charge < -0.3 is 15.0 Å². The van der Waals surface area contributed by atoms with Gasteiger partial charge in [0, 0.05) is 45.2 Å². The zero-order valence-corrected chi connectivity index (χ0v) is 21.5. The van der Waals surface area contributed by atoms with Gasteiger partial charge in [-0.25, -0.2) is 15.0 Å². The Balaban J connectivity index is 1.24. The molecule has 1 amide bonds. The van der Waals surface area contributed by atoms with Gasteiger partial charge in [0.05, 0.1) is 10.3 Å². The van der Waals surface area contributed by atoms with Crippen LogP contribution in [0.5, 0.6) is 11.6 Å². The number of piperazine rings is 1. The van der Waals surface area contributed by atoms with Crippen LogP contribution in [0.2, 0.25) is 0 Å². The normalized spacial score (nSPS) is 15.4. The van der Waals surface area contributed by atoms with E-state index in [1.165, 1.54) is 24.6 Å². The molecule has 0 bridgehead atoms. The summed E-state index contributed by atoms with van der Waals surface area (Å²) in [5.74, 6) is 1.43. The zero-order chi connectivity index (χ0) is 26.9. The number of para-hydroxylation sites is 1. The number of halogens is 3. The van der Waals surface area contributed by atoms with E-state index in [-0.39, 0.29) is 11.9 Å². The van der Waals surface area contributed by atoms with Crippen LogP contribution >= 0.6 is 11.3 Å². The molecule has 0 saturated carbocycles. The van der Waals surface area contributed by atoms with E-state index in [1.54, 1.807) is 24.3 Å². The van der Waals surface area contributed by atoms with Crippen LogP contribution in [0.4, 0.5) is 24.1 Å². The van der Waals surface area contributed by atoms with Gasteiger partial charge in [-0.3, -0.25) is 9.69 Å². The molecule has 0 spiro atoms. The highest BCUT2D eigenvalue weighted by Gasteiger charge is 2.30. The van der Waals surface area contributed by atoms with Gasteiger partial charge in [-0.2, -0.15) is 13.2 Å². The number of amides is 1. The highest BCUT2D eigenvalue weighted by atomic mass is 32.1. The minimum atomic E-state index is -4.34. The number of fused-ring (bicyclic) bond motifs is 1. The number of nitrogens with zero attached hydrogens (tertiary/aromatic N) is 5. The van der Waals surface area contributed by atoms with Gasteiger partial charge in [0.15, 0.2) is 10.9 Å². The second-order valence-electron chi connectivity index (χ2n) is 8.94. The number of hydrogen-bond donors (Lipinski definition) is 1. The van der Waals surface area contributed by atoms with Crippen molar-refractivity contribution < 1.29 is 22.7 Å². The van der Waals surface area contributed by atoms with E-state index in [0.29, 0.717) is 35.4 Å². The first-order chi connectivity index (χ1) is 18.2. The number of anilines is 2. The average Bonchev–Trinajstić information content (AvgIpc) is 3.31. The van der Waals surface area contributed by atoms with E-state index < -0.39 is 11.7 Å². The molecule has 1 aliphatic heterocycles. The Morgan fingerprint density at radius 1 is 1.08 bits per heavy atom. The fourth-order valence-electron chi connectivity index (χ4n) is 4.38. The number of nitrogens with one attached hydrogen (secondary N) is 1. The molecular formula is C26H25F3N6O2S. The van der Waals surface area contributed by atoms with Gasteiger partial charge in [0.1, 0.15) is 17.7 Å². The number of hydrogen-bond acceptors (Lipinski definition) is 8. The second-order valence-corrected chi connectivity index (χ2v) is 9.97. The minimum absolute atomic E-state index is 0.00953. The monoisotopic (exact) mass is 542 g/mol. The average molecular weight is 543 g/mol. The summed E-state index contributed by atoms with van der Waals surface area (Å²) in [6, 6.07) is 12.7. The van der Waals surface area contributed by atoms with Crippen molar-refractivity contribution in [2.75, 3.05) is 36.4 Å². The molecule has 8 nitrogen and oxygen atoms in total. The van der Waals surface area contributed by atoms with Crippen molar-refractivity contribution in [3.8, 4) is 11.6 Å². The number of ether oxygens (including phenoxy) is 1. The zero-order valence-electron chi connectivity index (χ0n) is 20.7. The maximum Gasteiger partial charge on any atom is 0.416 e. The van der Waals surface area contributed by atoms with Crippen molar-refractivity contribution >= 4 is 38.4 Å². The number of benzene rings is 2. The standard InChI is InChI=1S/C26H25F3N6O2S/c1-16(18-6-8-19(9-7-18)26(27,28)29)34-10-12-35(13-11-34)22-14-23(31-15-30-22)37-20-4-3-5-21-24(20)33-25(38-21)32-17(2)36/h3-9,14-16H,10-13H2,1-2H3,(H,32,33,36)/t16-/m0/s1. The Morgan fingerprint density at radius 2 is 1.82 bits per heavy atom. The maximum atomic E-state index is 12.9. The summed E-state index contributed by atoms with van der Waals surface area (Å²) in [7, 11) is 0. The molecule has 0 unspecified atom stereocenters. The fourth-order valence-corrected chi connectivity index (χ4v) is 5.31. The lowest BCUT2D eigenvalue weighted by Gasteiger charge is -2.38. The summed E-state index contributed by atoms with van der Waals surface area (Å²) in [6.45, 7) is 6.29. The van der Waals surface area contributed by atoms with E-state index in [2.05, 4.69) is 30.1 Å². The van der Waals surface area contributed by atoms with Gasteiger partial charge in [-0.1, -0.05) is 29.5 Å². The summed E-state index contributed by atoms with van der Waals surface area (Å²) in [5, 5.41) is 3.19. The Bertz CT molecular complexity index is 1440. The van der Waals surface area contributed by atoms with Crippen LogP contribution in [0.15, 0.2) is 54.9 Å². The Labute approximate surface area is 221 Å². The highest BCUT2D eigenvalue weighted by molar-refractivity contribution is 7.22. The van der Waals surface area contributed by atoms with Gasteiger partial charge in [0.2, 0.25) is 11.8 Å². The molecule has 3 heterocycles. The lowest BCUT2D eigenvalue weighted by molar-refractivity contribution is -0.137. The molecule has 2 aromatic heterocycles. The molecule has 1 N–H and O–H groups in total. The predicted octanol–water partition coefficient (Wildman–Crippen LogP) is 5.74. The topological polar surface area (TPSA) is 83.5 Å².